The minimum atomic E-state index is 0.863. The van der Waals surface area contributed by atoms with Crippen LogP contribution in [0.1, 0.15) is 13.3 Å². The minimum Gasteiger partial charge on any atom is -0.302 e. The first-order chi connectivity index (χ1) is 5.83. The van der Waals surface area contributed by atoms with Crippen molar-refractivity contribution < 1.29 is 0 Å². The molecule has 0 amide bonds. The predicted octanol–water partition coefficient (Wildman–Crippen LogP) is 2.25. The van der Waals surface area contributed by atoms with E-state index in [0.717, 1.165) is 12.3 Å². The van der Waals surface area contributed by atoms with Crippen LogP contribution in [-0.2, 0) is 0 Å². The van der Waals surface area contributed by atoms with Crippen molar-refractivity contribution in [3.63, 3.8) is 0 Å². The second-order valence-corrected chi connectivity index (χ2v) is 4.71. The Bertz CT molecular complexity index is 136. The molecule has 0 aliphatic carbocycles. The van der Waals surface area contributed by atoms with Gasteiger partial charge in [-0.3, -0.25) is 0 Å². The zero-order valence-corrected chi connectivity index (χ0v) is 8.78. The first kappa shape index (κ1) is 10.1. The van der Waals surface area contributed by atoms with Gasteiger partial charge in [0.15, 0.2) is 0 Å². The fraction of sp³-hybridized carbons (Fsp3) is 0.800. The lowest BCUT2D eigenvalue weighted by atomic mass is 10.2. The molecule has 0 bridgehead atoms. The Hall–Kier alpha value is 0.0500. The standard InChI is InChI=1S/C10H19NS/c1-3-4-5-11-6-7-12-9-10(2)8-11/h3,10H,1,4-9H2,2H3. The van der Waals surface area contributed by atoms with Gasteiger partial charge in [0, 0.05) is 25.4 Å². The molecule has 0 saturated carbocycles. The predicted molar refractivity (Wildman–Crippen MR) is 57.7 cm³/mol. The van der Waals surface area contributed by atoms with Crippen LogP contribution in [0.3, 0.4) is 0 Å². The van der Waals surface area contributed by atoms with Crippen LogP contribution in [0.2, 0.25) is 0 Å². The fourth-order valence-electron chi connectivity index (χ4n) is 1.54. The molecular weight excluding hydrogens is 166 g/mol. The molecule has 0 aromatic carbocycles. The van der Waals surface area contributed by atoms with E-state index < -0.39 is 0 Å². The minimum absolute atomic E-state index is 0.863. The lowest BCUT2D eigenvalue weighted by Gasteiger charge is -2.20. The van der Waals surface area contributed by atoms with Gasteiger partial charge in [-0.25, -0.2) is 0 Å². The molecule has 2 heteroatoms. The van der Waals surface area contributed by atoms with Crippen LogP contribution < -0.4 is 0 Å². The summed E-state index contributed by atoms with van der Waals surface area (Å²) in [6.45, 7) is 9.85. The average Bonchev–Trinajstić information content (AvgIpc) is 2.26. The lowest BCUT2D eigenvalue weighted by Crippen LogP contribution is -2.29. The highest BCUT2D eigenvalue weighted by atomic mass is 32.2. The lowest BCUT2D eigenvalue weighted by molar-refractivity contribution is 0.270. The number of hydrogen-bond donors (Lipinski definition) is 0. The van der Waals surface area contributed by atoms with Crippen LogP contribution in [0.5, 0.6) is 0 Å². The highest BCUT2D eigenvalue weighted by molar-refractivity contribution is 7.99. The molecule has 0 N–H and O–H groups in total. The van der Waals surface area contributed by atoms with Gasteiger partial charge in [-0.15, -0.1) is 6.58 Å². The van der Waals surface area contributed by atoms with E-state index in [1.807, 2.05) is 6.08 Å². The van der Waals surface area contributed by atoms with Crippen molar-refractivity contribution in [2.24, 2.45) is 5.92 Å². The second kappa shape index (κ2) is 5.65. The maximum Gasteiger partial charge on any atom is 0.00726 e. The smallest absolute Gasteiger partial charge is 0.00726 e. The third-order valence-electron chi connectivity index (χ3n) is 2.17. The monoisotopic (exact) mass is 185 g/mol. The summed E-state index contributed by atoms with van der Waals surface area (Å²) in [6.07, 6.45) is 3.15. The third kappa shape index (κ3) is 3.63. The Kier molecular flexibility index (Phi) is 4.77. The molecular formula is C10H19NS. The van der Waals surface area contributed by atoms with Crippen molar-refractivity contribution in [2.75, 3.05) is 31.1 Å². The van der Waals surface area contributed by atoms with Crippen LogP contribution >= 0.6 is 11.8 Å². The van der Waals surface area contributed by atoms with Gasteiger partial charge in [0.2, 0.25) is 0 Å². The Labute approximate surface area is 80.2 Å². The van der Waals surface area contributed by atoms with Gasteiger partial charge in [0.1, 0.15) is 0 Å². The summed E-state index contributed by atoms with van der Waals surface area (Å²) >= 11 is 2.09. The van der Waals surface area contributed by atoms with Crippen molar-refractivity contribution >= 4 is 11.8 Å². The quantitative estimate of drug-likeness (QED) is 0.620. The Morgan fingerprint density at radius 3 is 3.25 bits per heavy atom. The Balaban J connectivity index is 2.25. The van der Waals surface area contributed by atoms with Gasteiger partial charge in [-0.2, -0.15) is 11.8 Å². The molecule has 1 heterocycles. The second-order valence-electron chi connectivity index (χ2n) is 3.56. The first-order valence-corrected chi connectivity index (χ1v) is 5.89. The van der Waals surface area contributed by atoms with Gasteiger partial charge < -0.3 is 4.90 Å². The van der Waals surface area contributed by atoms with E-state index >= 15 is 0 Å². The largest absolute Gasteiger partial charge is 0.302 e. The first-order valence-electron chi connectivity index (χ1n) is 4.74. The molecule has 1 nitrogen and oxygen atoms in total. The topological polar surface area (TPSA) is 3.24 Å². The molecule has 1 atom stereocenters. The molecule has 0 aromatic heterocycles. The molecule has 0 radical (unpaired) electrons. The molecule has 0 aromatic rings. The molecule has 0 spiro atoms. The van der Waals surface area contributed by atoms with E-state index in [2.05, 4.69) is 30.2 Å². The summed E-state index contributed by atoms with van der Waals surface area (Å²) < 4.78 is 0. The summed E-state index contributed by atoms with van der Waals surface area (Å²) in [6, 6.07) is 0. The Morgan fingerprint density at radius 1 is 1.67 bits per heavy atom. The van der Waals surface area contributed by atoms with Crippen LogP contribution in [-0.4, -0.2) is 36.0 Å². The van der Waals surface area contributed by atoms with Crippen LogP contribution in [0.25, 0.3) is 0 Å². The maximum atomic E-state index is 3.76. The number of thioether (sulfide) groups is 1. The van der Waals surface area contributed by atoms with Crippen LogP contribution in [0.15, 0.2) is 12.7 Å². The molecule has 12 heavy (non-hydrogen) atoms. The van der Waals surface area contributed by atoms with E-state index in [1.54, 1.807) is 0 Å². The summed E-state index contributed by atoms with van der Waals surface area (Å²) in [5.41, 5.74) is 0. The normalized spacial score (nSPS) is 26.6. The van der Waals surface area contributed by atoms with Gasteiger partial charge in [-0.05, 0) is 18.1 Å². The highest BCUT2D eigenvalue weighted by Crippen LogP contribution is 2.15. The summed E-state index contributed by atoms with van der Waals surface area (Å²) in [5, 5.41) is 0. The highest BCUT2D eigenvalue weighted by Gasteiger charge is 2.13. The van der Waals surface area contributed by atoms with E-state index in [0.29, 0.717) is 0 Å². The number of rotatable bonds is 3. The number of hydrogen-bond acceptors (Lipinski definition) is 2. The zero-order valence-electron chi connectivity index (χ0n) is 7.96. The molecule has 1 fully saturated rings. The molecule has 70 valence electrons. The van der Waals surface area contributed by atoms with Crippen LogP contribution in [0.4, 0.5) is 0 Å². The van der Waals surface area contributed by atoms with Crippen molar-refractivity contribution in [2.45, 2.75) is 13.3 Å². The van der Waals surface area contributed by atoms with Gasteiger partial charge in [0.25, 0.3) is 0 Å². The van der Waals surface area contributed by atoms with E-state index in [1.165, 1.54) is 31.1 Å². The summed E-state index contributed by atoms with van der Waals surface area (Å²) in [4.78, 5) is 2.56. The van der Waals surface area contributed by atoms with Crippen molar-refractivity contribution in [3.05, 3.63) is 12.7 Å². The van der Waals surface area contributed by atoms with Crippen molar-refractivity contribution in [1.29, 1.82) is 0 Å². The van der Waals surface area contributed by atoms with E-state index in [-0.39, 0.29) is 0 Å². The Morgan fingerprint density at radius 2 is 2.50 bits per heavy atom. The zero-order chi connectivity index (χ0) is 8.81. The van der Waals surface area contributed by atoms with Crippen molar-refractivity contribution in [1.82, 2.24) is 4.90 Å². The third-order valence-corrected chi connectivity index (χ3v) is 3.45. The molecule has 1 aliphatic heterocycles. The number of nitrogens with zero attached hydrogens (tertiary/aromatic N) is 1. The van der Waals surface area contributed by atoms with E-state index in [4.69, 9.17) is 0 Å². The fourth-order valence-corrected chi connectivity index (χ4v) is 2.60. The van der Waals surface area contributed by atoms with Crippen molar-refractivity contribution in [3.8, 4) is 0 Å². The average molecular weight is 185 g/mol. The maximum absolute atomic E-state index is 3.76. The van der Waals surface area contributed by atoms with Gasteiger partial charge in [-0.1, -0.05) is 13.0 Å². The van der Waals surface area contributed by atoms with Gasteiger partial charge in [0.05, 0.1) is 0 Å². The molecule has 1 saturated heterocycles. The molecule has 1 aliphatic rings. The summed E-state index contributed by atoms with van der Waals surface area (Å²) in [5.74, 6) is 3.51. The molecule has 1 rings (SSSR count). The summed E-state index contributed by atoms with van der Waals surface area (Å²) in [7, 11) is 0. The van der Waals surface area contributed by atoms with Gasteiger partial charge >= 0.3 is 0 Å². The van der Waals surface area contributed by atoms with Crippen LogP contribution in [0, 0.1) is 5.92 Å². The van der Waals surface area contributed by atoms with E-state index in [9.17, 15) is 0 Å². The molecule has 1 unspecified atom stereocenters. The SMILES string of the molecule is C=CCCN1CCSCC(C)C1.